The van der Waals surface area contributed by atoms with Gasteiger partial charge in [0.2, 0.25) is 5.91 Å². The van der Waals surface area contributed by atoms with Crippen LogP contribution in [0.3, 0.4) is 0 Å². The van der Waals surface area contributed by atoms with Gasteiger partial charge in [-0.1, -0.05) is 35.9 Å². The van der Waals surface area contributed by atoms with Crippen molar-refractivity contribution in [2.45, 2.75) is 25.4 Å². The van der Waals surface area contributed by atoms with E-state index < -0.39 is 36.0 Å². The molecular weight excluding hydrogens is 385 g/mol. The van der Waals surface area contributed by atoms with E-state index in [9.17, 15) is 18.8 Å². The summed E-state index contributed by atoms with van der Waals surface area (Å²) in [5.41, 5.74) is 0.000592. The Labute approximate surface area is 166 Å². The Hall–Kier alpha value is -2.93. The maximum absolute atomic E-state index is 13.0. The van der Waals surface area contributed by atoms with Gasteiger partial charge in [0, 0.05) is 5.02 Å². The molecule has 8 heteroatoms. The van der Waals surface area contributed by atoms with Crippen LogP contribution in [-0.4, -0.2) is 29.3 Å². The Morgan fingerprint density at radius 3 is 2.39 bits per heavy atom. The van der Waals surface area contributed by atoms with Gasteiger partial charge in [-0.3, -0.25) is 14.5 Å². The summed E-state index contributed by atoms with van der Waals surface area (Å²) >= 11 is 5.88. The number of nitrogens with zero attached hydrogens (tertiary/aromatic N) is 1. The highest BCUT2D eigenvalue weighted by Gasteiger charge is 2.49. The fourth-order valence-corrected chi connectivity index (χ4v) is 3.21. The van der Waals surface area contributed by atoms with Crippen molar-refractivity contribution in [2.24, 2.45) is 0 Å². The number of carbonyl (C=O) groups excluding carboxylic acids is 3. The summed E-state index contributed by atoms with van der Waals surface area (Å²) in [6.07, 6.45) is 0. The summed E-state index contributed by atoms with van der Waals surface area (Å²) in [6.45, 7) is 2.89. The van der Waals surface area contributed by atoms with Crippen LogP contribution in [0.15, 0.2) is 48.5 Å². The highest BCUT2D eigenvalue weighted by atomic mass is 35.5. The molecule has 1 fully saturated rings. The van der Waals surface area contributed by atoms with Crippen molar-refractivity contribution in [1.82, 2.24) is 15.5 Å². The number of urea groups is 1. The van der Waals surface area contributed by atoms with E-state index in [0.29, 0.717) is 16.1 Å². The third kappa shape index (κ3) is 3.84. The zero-order valence-electron chi connectivity index (χ0n) is 15.3. The molecule has 6 nitrogen and oxygen atoms in total. The van der Waals surface area contributed by atoms with Crippen LogP contribution >= 0.6 is 11.6 Å². The predicted octanol–water partition coefficient (Wildman–Crippen LogP) is 3.12. The lowest BCUT2D eigenvalue weighted by Crippen LogP contribution is -2.43. The highest BCUT2D eigenvalue weighted by Crippen LogP contribution is 2.29. The second kappa shape index (κ2) is 7.59. The minimum Gasteiger partial charge on any atom is -0.348 e. The molecule has 0 aromatic heterocycles. The van der Waals surface area contributed by atoms with Crippen molar-refractivity contribution >= 4 is 29.4 Å². The smallest absolute Gasteiger partial charge is 0.325 e. The largest absolute Gasteiger partial charge is 0.348 e. The minimum absolute atomic E-state index is 0.372. The molecule has 2 N–H and O–H groups in total. The molecule has 3 rings (SSSR count). The van der Waals surface area contributed by atoms with Crippen LogP contribution in [0.1, 0.15) is 31.0 Å². The van der Waals surface area contributed by atoms with Crippen LogP contribution in [0.5, 0.6) is 0 Å². The number of benzene rings is 2. The molecule has 2 aromatic rings. The van der Waals surface area contributed by atoms with Gasteiger partial charge < -0.3 is 10.6 Å². The number of imide groups is 1. The first-order valence-electron chi connectivity index (χ1n) is 8.65. The lowest BCUT2D eigenvalue weighted by molar-refractivity contribution is -0.135. The Morgan fingerprint density at radius 1 is 1.18 bits per heavy atom. The monoisotopic (exact) mass is 403 g/mol. The fourth-order valence-electron chi connectivity index (χ4n) is 3.08. The van der Waals surface area contributed by atoms with Gasteiger partial charge in [0.1, 0.15) is 17.9 Å². The van der Waals surface area contributed by atoms with Crippen molar-refractivity contribution in [2.75, 3.05) is 6.54 Å². The maximum atomic E-state index is 13.0. The Balaban J connectivity index is 1.69. The number of hydrogen-bond donors (Lipinski definition) is 2. The van der Waals surface area contributed by atoms with Crippen molar-refractivity contribution in [1.29, 1.82) is 0 Å². The summed E-state index contributed by atoms with van der Waals surface area (Å²) in [7, 11) is 0. The van der Waals surface area contributed by atoms with Gasteiger partial charge in [-0.05, 0) is 49.2 Å². The van der Waals surface area contributed by atoms with Crippen LogP contribution in [0.2, 0.25) is 5.02 Å². The summed E-state index contributed by atoms with van der Waals surface area (Å²) < 4.78 is 13.0. The van der Waals surface area contributed by atoms with Gasteiger partial charge in [0.15, 0.2) is 0 Å². The average Bonchev–Trinajstić information content (AvgIpc) is 2.86. The molecule has 0 spiro atoms. The SMILES string of the molecule is C[C@H](NC(=O)CN1C(=O)N[C@@](C)(c2ccc(Cl)cc2)C1=O)c1ccc(F)cc1. The Kier molecular flexibility index (Phi) is 5.38. The van der Waals surface area contributed by atoms with E-state index in [4.69, 9.17) is 11.6 Å². The van der Waals surface area contributed by atoms with Crippen LogP contribution in [-0.2, 0) is 15.1 Å². The second-order valence-corrected chi connectivity index (χ2v) is 7.23. The first-order valence-corrected chi connectivity index (χ1v) is 9.03. The van der Waals surface area contributed by atoms with E-state index >= 15 is 0 Å². The molecule has 1 aliphatic heterocycles. The minimum atomic E-state index is -1.27. The van der Waals surface area contributed by atoms with Gasteiger partial charge in [-0.25, -0.2) is 9.18 Å². The van der Waals surface area contributed by atoms with Crippen LogP contribution in [0, 0.1) is 5.82 Å². The van der Waals surface area contributed by atoms with Gasteiger partial charge in [-0.2, -0.15) is 0 Å². The number of amides is 4. The lowest BCUT2D eigenvalue weighted by atomic mass is 9.92. The number of halogens is 2. The zero-order chi connectivity index (χ0) is 20.5. The summed E-state index contributed by atoms with van der Waals surface area (Å²) in [4.78, 5) is 38.4. The molecule has 0 saturated carbocycles. The van der Waals surface area contributed by atoms with E-state index in [1.807, 2.05) is 0 Å². The molecule has 146 valence electrons. The Morgan fingerprint density at radius 2 is 1.79 bits per heavy atom. The van der Waals surface area contributed by atoms with E-state index in [0.717, 1.165) is 4.90 Å². The summed E-state index contributed by atoms with van der Waals surface area (Å²) in [5, 5.41) is 5.85. The number of nitrogens with one attached hydrogen (secondary N) is 2. The molecule has 1 saturated heterocycles. The molecule has 0 aliphatic carbocycles. The number of hydrogen-bond acceptors (Lipinski definition) is 3. The summed E-state index contributed by atoms with van der Waals surface area (Å²) in [6, 6.07) is 11.2. The van der Waals surface area contributed by atoms with Crippen molar-refractivity contribution < 1.29 is 18.8 Å². The third-order valence-electron chi connectivity index (χ3n) is 4.75. The zero-order valence-corrected chi connectivity index (χ0v) is 16.1. The van der Waals surface area contributed by atoms with Crippen LogP contribution < -0.4 is 10.6 Å². The molecule has 1 heterocycles. The predicted molar refractivity (Wildman–Crippen MR) is 102 cm³/mol. The molecule has 0 bridgehead atoms. The van der Waals surface area contributed by atoms with E-state index in [1.54, 1.807) is 50.2 Å². The average molecular weight is 404 g/mol. The Bertz CT molecular complexity index is 917. The van der Waals surface area contributed by atoms with Crippen LogP contribution in [0.25, 0.3) is 0 Å². The van der Waals surface area contributed by atoms with Gasteiger partial charge in [0.25, 0.3) is 5.91 Å². The van der Waals surface area contributed by atoms with Gasteiger partial charge >= 0.3 is 6.03 Å². The first kappa shape index (κ1) is 19.8. The number of carbonyl (C=O) groups is 3. The van der Waals surface area contributed by atoms with Crippen molar-refractivity contribution in [3.05, 3.63) is 70.5 Å². The van der Waals surface area contributed by atoms with E-state index in [-0.39, 0.29) is 5.82 Å². The standard InChI is InChI=1S/C20H19ClFN3O3/c1-12(13-3-9-16(22)10-4-13)23-17(26)11-25-18(27)20(2,24-19(25)28)14-5-7-15(21)8-6-14/h3-10,12H,11H2,1-2H3,(H,23,26)(H,24,28)/t12-,20-/m0/s1. The molecule has 2 atom stereocenters. The molecule has 2 aromatic carbocycles. The van der Waals surface area contributed by atoms with Gasteiger partial charge in [-0.15, -0.1) is 0 Å². The topological polar surface area (TPSA) is 78.5 Å². The quantitative estimate of drug-likeness (QED) is 0.753. The molecule has 0 radical (unpaired) electrons. The molecule has 4 amide bonds. The molecule has 28 heavy (non-hydrogen) atoms. The highest BCUT2D eigenvalue weighted by molar-refractivity contribution is 6.30. The van der Waals surface area contributed by atoms with E-state index in [2.05, 4.69) is 10.6 Å². The van der Waals surface area contributed by atoms with Crippen molar-refractivity contribution in [3.63, 3.8) is 0 Å². The van der Waals surface area contributed by atoms with E-state index in [1.165, 1.54) is 12.1 Å². The summed E-state index contributed by atoms with van der Waals surface area (Å²) in [5.74, 6) is -1.40. The molecular formula is C20H19ClFN3O3. The first-order chi connectivity index (χ1) is 13.2. The number of rotatable bonds is 5. The fraction of sp³-hybridized carbons (Fsp3) is 0.250. The molecule has 1 aliphatic rings. The molecule has 0 unspecified atom stereocenters. The maximum Gasteiger partial charge on any atom is 0.325 e. The third-order valence-corrected chi connectivity index (χ3v) is 5.00. The lowest BCUT2D eigenvalue weighted by Gasteiger charge is -2.22. The van der Waals surface area contributed by atoms with Crippen molar-refractivity contribution in [3.8, 4) is 0 Å². The van der Waals surface area contributed by atoms with Gasteiger partial charge in [0.05, 0.1) is 6.04 Å². The van der Waals surface area contributed by atoms with Crippen LogP contribution in [0.4, 0.5) is 9.18 Å². The second-order valence-electron chi connectivity index (χ2n) is 6.79. The normalized spacial score (nSPS) is 20.1.